The van der Waals surface area contributed by atoms with Gasteiger partial charge in [-0.05, 0) is 36.5 Å². The van der Waals surface area contributed by atoms with E-state index in [4.69, 9.17) is 9.79 Å². The summed E-state index contributed by atoms with van der Waals surface area (Å²) in [5.74, 6) is 3.40. The van der Waals surface area contributed by atoms with Gasteiger partial charge >= 0.3 is 0 Å². The molecule has 0 N–H and O–H groups in total. The van der Waals surface area contributed by atoms with E-state index in [2.05, 4.69) is 50.2 Å². The van der Waals surface area contributed by atoms with E-state index < -0.39 is 0 Å². The maximum atomic E-state index is 9.07. The van der Waals surface area contributed by atoms with Crippen molar-refractivity contribution >= 4 is 9.47 Å². The predicted molar refractivity (Wildman–Crippen MR) is 118 cm³/mol. The molecule has 0 aromatic rings. The zero-order valence-electron chi connectivity index (χ0n) is 18.3. The van der Waals surface area contributed by atoms with E-state index in [-0.39, 0.29) is 5.92 Å². The lowest BCUT2D eigenvalue weighted by molar-refractivity contribution is 0.296. The van der Waals surface area contributed by atoms with Crippen LogP contribution in [0.25, 0.3) is 0 Å². The zero-order valence-corrected chi connectivity index (χ0v) is 19.5. The molecule has 5 unspecified atom stereocenters. The molecule has 0 aliphatic carbocycles. The molecular weight excluding hydrogens is 337 g/mol. The van der Waals surface area contributed by atoms with Gasteiger partial charge in [0, 0.05) is 9.47 Å². The molecule has 0 amide bonds. The van der Waals surface area contributed by atoms with Gasteiger partial charge in [0.05, 0.1) is 18.6 Å². The molecule has 0 spiro atoms. The Kier molecular flexibility index (Phi) is 16.9. The standard InChI is InChI=1S/C23H46NOP/c1-19(2)9-6-10-20(3)11-7-12-21(4)13-8-14-22(5)15-16-23(17-24)18-25-26/h19-23H,6-16,18,26H2,1-5H3. The Morgan fingerprint density at radius 1 is 0.692 bits per heavy atom. The SMILES string of the molecule is CC(C)CCCC(C)CCCC(C)CCCC(C)CCC(C#N)COP. The van der Waals surface area contributed by atoms with E-state index in [1.165, 1.54) is 57.8 Å². The van der Waals surface area contributed by atoms with Crippen LogP contribution in [0.2, 0.25) is 0 Å². The summed E-state index contributed by atoms with van der Waals surface area (Å²) in [6.45, 7) is 12.4. The summed E-state index contributed by atoms with van der Waals surface area (Å²) >= 11 is 0. The first-order valence-corrected chi connectivity index (χ1v) is 11.6. The van der Waals surface area contributed by atoms with Crippen LogP contribution in [0.15, 0.2) is 0 Å². The number of rotatable bonds is 17. The van der Waals surface area contributed by atoms with Gasteiger partial charge in [0.25, 0.3) is 0 Å². The van der Waals surface area contributed by atoms with Crippen LogP contribution in [0.4, 0.5) is 0 Å². The molecule has 0 heterocycles. The van der Waals surface area contributed by atoms with Crippen molar-refractivity contribution in [3.8, 4) is 6.07 Å². The topological polar surface area (TPSA) is 33.0 Å². The van der Waals surface area contributed by atoms with E-state index in [9.17, 15) is 0 Å². The van der Waals surface area contributed by atoms with Crippen molar-refractivity contribution in [2.24, 2.45) is 29.6 Å². The van der Waals surface area contributed by atoms with Crippen LogP contribution in [0.1, 0.15) is 105 Å². The second-order valence-electron chi connectivity index (χ2n) is 9.24. The molecule has 0 fully saturated rings. The Labute approximate surface area is 167 Å². The molecule has 0 aromatic heterocycles. The molecule has 154 valence electrons. The Hall–Kier alpha value is -0.120. The smallest absolute Gasteiger partial charge is 0.0700 e. The number of hydrogen-bond donors (Lipinski definition) is 0. The monoisotopic (exact) mass is 383 g/mol. The number of nitrogens with zero attached hydrogens (tertiary/aromatic N) is 1. The van der Waals surface area contributed by atoms with E-state index in [0.29, 0.717) is 6.61 Å². The molecule has 26 heavy (non-hydrogen) atoms. The molecule has 0 saturated heterocycles. The van der Waals surface area contributed by atoms with E-state index >= 15 is 0 Å². The first-order chi connectivity index (χ1) is 12.4. The lowest BCUT2D eigenvalue weighted by Gasteiger charge is -2.17. The minimum Gasteiger partial charge on any atom is -0.364 e. The first-order valence-electron chi connectivity index (χ1n) is 11.1. The van der Waals surface area contributed by atoms with E-state index in [0.717, 1.165) is 36.5 Å². The first kappa shape index (κ1) is 25.9. The minimum atomic E-state index is 0.0522. The van der Waals surface area contributed by atoms with Gasteiger partial charge in [-0.1, -0.05) is 92.4 Å². The fourth-order valence-corrected chi connectivity index (χ4v) is 3.96. The van der Waals surface area contributed by atoms with Gasteiger partial charge < -0.3 is 4.52 Å². The molecule has 0 saturated carbocycles. The van der Waals surface area contributed by atoms with Gasteiger partial charge in [0.15, 0.2) is 0 Å². The molecule has 0 rings (SSSR count). The summed E-state index contributed by atoms with van der Waals surface area (Å²) in [5.41, 5.74) is 0. The molecule has 0 bridgehead atoms. The Morgan fingerprint density at radius 3 is 1.50 bits per heavy atom. The fraction of sp³-hybridized carbons (Fsp3) is 0.957. The van der Waals surface area contributed by atoms with Crippen molar-refractivity contribution in [2.75, 3.05) is 6.61 Å². The van der Waals surface area contributed by atoms with Gasteiger partial charge in [-0.3, -0.25) is 0 Å². The molecule has 0 aliphatic heterocycles. The normalized spacial score (nSPS) is 16.2. The third kappa shape index (κ3) is 16.1. The lowest BCUT2D eigenvalue weighted by Crippen LogP contribution is -2.07. The maximum Gasteiger partial charge on any atom is 0.0700 e. The van der Waals surface area contributed by atoms with Crippen LogP contribution in [-0.2, 0) is 4.52 Å². The van der Waals surface area contributed by atoms with Crippen molar-refractivity contribution in [1.82, 2.24) is 0 Å². The third-order valence-electron chi connectivity index (χ3n) is 5.75. The second-order valence-corrected chi connectivity index (χ2v) is 9.57. The van der Waals surface area contributed by atoms with Gasteiger partial charge in [-0.2, -0.15) is 5.26 Å². The largest absolute Gasteiger partial charge is 0.364 e. The van der Waals surface area contributed by atoms with Gasteiger partial charge in [0.2, 0.25) is 0 Å². The zero-order chi connectivity index (χ0) is 19.8. The summed E-state index contributed by atoms with van der Waals surface area (Å²) < 4.78 is 5.02. The molecular formula is C23H46NOP. The average molecular weight is 384 g/mol. The summed E-state index contributed by atoms with van der Waals surface area (Å²) in [7, 11) is 2.25. The quantitative estimate of drug-likeness (QED) is 0.240. The van der Waals surface area contributed by atoms with Crippen LogP contribution in [-0.4, -0.2) is 6.61 Å². The molecule has 0 radical (unpaired) electrons. The van der Waals surface area contributed by atoms with Crippen LogP contribution < -0.4 is 0 Å². The highest BCUT2D eigenvalue weighted by molar-refractivity contribution is 7.09. The third-order valence-corrected chi connectivity index (χ3v) is 5.95. The maximum absolute atomic E-state index is 9.07. The lowest BCUT2D eigenvalue weighted by atomic mass is 9.90. The highest BCUT2D eigenvalue weighted by Crippen LogP contribution is 2.23. The van der Waals surface area contributed by atoms with Crippen LogP contribution in [0.5, 0.6) is 0 Å². The highest BCUT2D eigenvalue weighted by Gasteiger charge is 2.11. The summed E-state index contributed by atoms with van der Waals surface area (Å²) in [6, 6.07) is 2.34. The molecule has 3 heteroatoms. The van der Waals surface area contributed by atoms with Crippen molar-refractivity contribution in [3.05, 3.63) is 0 Å². The number of hydrogen-bond acceptors (Lipinski definition) is 2. The minimum absolute atomic E-state index is 0.0522. The fourth-order valence-electron chi connectivity index (χ4n) is 3.72. The molecule has 0 aromatic carbocycles. The van der Waals surface area contributed by atoms with E-state index in [1.54, 1.807) is 0 Å². The van der Waals surface area contributed by atoms with Gasteiger partial charge in [-0.15, -0.1) is 0 Å². The summed E-state index contributed by atoms with van der Waals surface area (Å²) in [4.78, 5) is 0. The average Bonchev–Trinajstić information content (AvgIpc) is 2.58. The summed E-state index contributed by atoms with van der Waals surface area (Å²) in [5, 5.41) is 9.07. The van der Waals surface area contributed by atoms with E-state index in [1.807, 2.05) is 0 Å². The van der Waals surface area contributed by atoms with Crippen molar-refractivity contribution < 1.29 is 4.52 Å². The van der Waals surface area contributed by atoms with Gasteiger partial charge in [0.1, 0.15) is 0 Å². The van der Waals surface area contributed by atoms with Gasteiger partial charge in [-0.25, -0.2) is 0 Å². The Balaban J connectivity index is 3.64. The van der Waals surface area contributed by atoms with Crippen LogP contribution in [0.3, 0.4) is 0 Å². The van der Waals surface area contributed by atoms with Crippen molar-refractivity contribution in [1.29, 1.82) is 5.26 Å². The van der Waals surface area contributed by atoms with Crippen LogP contribution in [0, 0.1) is 40.9 Å². The molecule has 5 atom stereocenters. The number of nitriles is 1. The highest BCUT2D eigenvalue weighted by atomic mass is 31.0. The molecule has 2 nitrogen and oxygen atoms in total. The Morgan fingerprint density at radius 2 is 1.12 bits per heavy atom. The van der Waals surface area contributed by atoms with Crippen LogP contribution >= 0.6 is 9.47 Å². The molecule has 0 aliphatic rings. The summed E-state index contributed by atoms with van der Waals surface area (Å²) in [6.07, 6.45) is 14.5. The van der Waals surface area contributed by atoms with Crippen molar-refractivity contribution in [3.63, 3.8) is 0 Å². The predicted octanol–water partition coefficient (Wildman–Crippen LogP) is 7.79. The van der Waals surface area contributed by atoms with Crippen molar-refractivity contribution in [2.45, 2.75) is 105 Å². The second kappa shape index (κ2) is 17.0. The Bertz CT molecular complexity index is 353.